The highest BCUT2D eigenvalue weighted by molar-refractivity contribution is 5.29. The minimum absolute atomic E-state index is 0.0914. The highest BCUT2D eigenvalue weighted by atomic mass is 16.5. The van der Waals surface area contributed by atoms with Crippen LogP contribution in [0, 0.1) is 5.92 Å². The van der Waals surface area contributed by atoms with Crippen LogP contribution in [0.2, 0.25) is 0 Å². The first-order valence-electron chi connectivity index (χ1n) is 7.70. The van der Waals surface area contributed by atoms with E-state index in [2.05, 4.69) is 43.4 Å². The average Bonchev–Trinajstić information content (AvgIpc) is 2.56. The third kappa shape index (κ3) is 4.33. The van der Waals surface area contributed by atoms with Gasteiger partial charge in [-0.2, -0.15) is 0 Å². The van der Waals surface area contributed by atoms with Crippen LogP contribution in [0.25, 0.3) is 0 Å². The van der Waals surface area contributed by atoms with Crippen molar-refractivity contribution in [3.63, 3.8) is 0 Å². The quantitative estimate of drug-likeness (QED) is 0.819. The molecule has 0 fully saturated rings. The molecule has 2 N–H and O–H groups in total. The van der Waals surface area contributed by atoms with E-state index in [0.29, 0.717) is 12.0 Å². The Labute approximate surface area is 133 Å². The molecule has 0 heterocycles. The molecule has 22 heavy (non-hydrogen) atoms. The van der Waals surface area contributed by atoms with Gasteiger partial charge in [-0.15, -0.1) is 0 Å². The number of nitrogens with one attached hydrogen (secondary N) is 1. The summed E-state index contributed by atoms with van der Waals surface area (Å²) in [4.78, 5) is 0. The van der Waals surface area contributed by atoms with Crippen LogP contribution in [0.5, 0.6) is 5.75 Å². The summed E-state index contributed by atoms with van der Waals surface area (Å²) in [6, 6.07) is 16.6. The van der Waals surface area contributed by atoms with E-state index in [1.165, 1.54) is 11.1 Å². The summed E-state index contributed by atoms with van der Waals surface area (Å²) in [5.74, 6) is 1.37. The molecule has 0 bridgehead atoms. The van der Waals surface area contributed by atoms with Gasteiger partial charge in [0.15, 0.2) is 0 Å². The number of aliphatic hydroxyl groups excluding tert-OH is 1. The van der Waals surface area contributed by atoms with E-state index in [1.807, 2.05) is 24.3 Å². The number of rotatable bonds is 7. The van der Waals surface area contributed by atoms with Crippen LogP contribution in [0.4, 0.5) is 0 Å². The predicted molar refractivity (Wildman–Crippen MR) is 89.8 cm³/mol. The Morgan fingerprint density at radius 1 is 0.955 bits per heavy atom. The molecule has 1 unspecified atom stereocenters. The van der Waals surface area contributed by atoms with Gasteiger partial charge in [0, 0.05) is 12.6 Å². The topological polar surface area (TPSA) is 41.5 Å². The van der Waals surface area contributed by atoms with Crippen molar-refractivity contribution in [2.45, 2.75) is 33.0 Å². The number of hydrogen-bond acceptors (Lipinski definition) is 3. The average molecular weight is 299 g/mol. The van der Waals surface area contributed by atoms with Crippen molar-refractivity contribution in [1.29, 1.82) is 0 Å². The van der Waals surface area contributed by atoms with Crippen LogP contribution in [0.3, 0.4) is 0 Å². The maximum atomic E-state index is 9.08. The summed E-state index contributed by atoms with van der Waals surface area (Å²) in [5, 5.41) is 12.7. The van der Waals surface area contributed by atoms with Crippen molar-refractivity contribution in [2.24, 2.45) is 5.92 Å². The largest absolute Gasteiger partial charge is 0.497 e. The molecule has 118 valence electrons. The molecule has 1 atom stereocenters. The Hall–Kier alpha value is -1.84. The van der Waals surface area contributed by atoms with Crippen molar-refractivity contribution in [3.05, 3.63) is 65.2 Å². The zero-order valence-corrected chi connectivity index (χ0v) is 13.5. The second-order valence-corrected chi connectivity index (χ2v) is 5.85. The van der Waals surface area contributed by atoms with Crippen molar-refractivity contribution in [1.82, 2.24) is 5.32 Å². The summed E-state index contributed by atoms with van der Waals surface area (Å²) in [5.41, 5.74) is 3.43. The van der Waals surface area contributed by atoms with Gasteiger partial charge >= 0.3 is 0 Å². The third-order valence-corrected chi connectivity index (χ3v) is 3.87. The number of ether oxygens (including phenoxy) is 1. The first-order valence-corrected chi connectivity index (χ1v) is 7.70. The molecule has 0 aliphatic heterocycles. The zero-order valence-electron chi connectivity index (χ0n) is 13.5. The second kappa shape index (κ2) is 7.97. The van der Waals surface area contributed by atoms with Crippen molar-refractivity contribution < 1.29 is 9.84 Å². The molecular formula is C19H25NO2. The molecule has 0 amide bonds. The van der Waals surface area contributed by atoms with Crippen LogP contribution in [0.1, 0.15) is 36.6 Å². The summed E-state index contributed by atoms with van der Waals surface area (Å²) in [7, 11) is 1.68. The van der Waals surface area contributed by atoms with Gasteiger partial charge in [0.2, 0.25) is 0 Å². The minimum atomic E-state index is 0.0914. The number of hydrogen-bond donors (Lipinski definition) is 2. The summed E-state index contributed by atoms with van der Waals surface area (Å²) >= 11 is 0. The SMILES string of the molecule is COc1ccc(C(NCc2ccc(CO)cc2)C(C)C)cc1. The Morgan fingerprint density at radius 3 is 2.05 bits per heavy atom. The second-order valence-electron chi connectivity index (χ2n) is 5.85. The molecule has 2 rings (SSSR count). The zero-order chi connectivity index (χ0) is 15.9. The Morgan fingerprint density at radius 2 is 1.55 bits per heavy atom. The van der Waals surface area contributed by atoms with Gasteiger partial charge < -0.3 is 15.2 Å². The van der Waals surface area contributed by atoms with Crippen molar-refractivity contribution in [3.8, 4) is 5.75 Å². The maximum Gasteiger partial charge on any atom is 0.118 e. The molecule has 0 aliphatic rings. The van der Waals surface area contributed by atoms with Gasteiger partial charge in [0.25, 0.3) is 0 Å². The summed E-state index contributed by atoms with van der Waals surface area (Å²) in [6.45, 7) is 5.34. The Bertz CT molecular complexity index is 561. The predicted octanol–water partition coefficient (Wildman–Crippen LogP) is 3.67. The van der Waals surface area contributed by atoms with E-state index in [0.717, 1.165) is 17.9 Å². The molecule has 2 aromatic rings. The number of methoxy groups -OCH3 is 1. The van der Waals surface area contributed by atoms with E-state index in [4.69, 9.17) is 9.84 Å². The molecule has 0 aliphatic carbocycles. The van der Waals surface area contributed by atoms with Gasteiger partial charge in [-0.05, 0) is 34.7 Å². The fourth-order valence-electron chi connectivity index (χ4n) is 2.54. The fourth-order valence-corrected chi connectivity index (χ4v) is 2.54. The Balaban J connectivity index is 2.04. The minimum Gasteiger partial charge on any atom is -0.497 e. The van der Waals surface area contributed by atoms with Crippen LogP contribution in [0.15, 0.2) is 48.5 Å². The highest BCUT2D eigenvalue weighted by Gasteiger charge is 2.15. The number of aliphatic hydroxyl groups is 1. The highest BCUT2D eigenvalue weighted by Crippen LogP contribution is 2.24. The number of benzene rings is 2. The summed E-state index contributed by atoms with van der Waals surface area (Å²) < 4.78 is 5.22. The lowest BCUT2D eigenvalue weighted by atomic mass is 9.95. The smallest absolute Gasteiger partial charge is 0.118 e. The summed E-state index contributed by atoms with van der Waals surface area (Å²) in [6.07, 6.45) is 0. The van der Waals surface area contributed by atoms with Crippen LogP contribution in [-0.2, 0) is 13.2 Å². The van der Waals surface area contributed by atoms with Gasteiger partial charge in [0.1, 0.15) is 5.75 Å². The maximum absolute atomic E-state index is 9.08. The van der Waals surface area contributed by atoms with Crippen LogP contribution >= 0.6 is 0 Å². The lowest BCUT2D eigenvalue weighted by molar-refractivity contribution is 0.282. The molecular weight excluding hydrogens is 274 g/mol. The lowest BCUT2D eigenvalue weighted by Crippen LogP contribution is -2.25. The first-order chi connectivity index (χ1) is 10.6. The van der Waals surface area contributed by atoms with Gasteiger partial charge in [0.05, 0.1) is 13.7 Å². The van der Waals surface area contributed by atoms with Crippen LogP contribution in [-0.4, -0.2) is 12.2 Å². The van der Waals surface area contributed by atoms with E-state index in [-0.39, 0.29) is 6.61 Å². The molecule has 3 nitrogen and oxygen atoms in total. The lowest BCUT2D eigenvalue weighted by Gasteiger charge is -2.23. The molecule has 0 saturated heterocycles. The van der Waals surface area contributed by atoms with Gasteiger partial charge in [-0.25, -0.2) is 0 Å². The van der Waals surface area contributed by atoms with Crippen LogP contribution < -0.4 is 10.1 Å². The molecule has 3 heteroatoms. The molecule has 0 aromatic heterocycles. The van der Waals surface area contributed by atoms with E-state index in [9.17, 15) is 0 Å². The third-order valence-electron chi connectivity index (χ3n) is 3.87. The van der Waals surface area contributed by atoms with Gasteiger partial charge in [-0.3, -0.25) is 0 Å². The fraction of sp³-hybridized carbons (Fsp3) is 0.368. The van der Waals surface area contributed by atoms with Gasteiger partial charge in [-0.1, -0.05) is 50.2 Å². The standard InChI is InChI=1S/C19H25NO2/c1-14(2)19(17-8-10-18(22-3)11-9-17)20-12-15-4-6-16(13-21)7-5-15/h4-11,14,19-21H,12-13H2,1-3H3. The molecule has 0 spiro atoms. The van der Waals surface area contributed by atoms with E-state index in [1.54, 1.807) is 7.11 Å². The molecule has 0 saturated carbocycles. The van der Waals surface area contributed by atoms with Crippen molar-refractivity contribution in [2.75, 3.05) is 7.11 Å². The monoisotopic (exact) mass is 299 g/mol. The van der Waals surface area contributed by atoms with E-state index >= 15 is 0 Å². The Kier molecular flexibility index (Phi) is 5.99. The van der Waals surface area contributed by atoms with E-state index < -0.39 is 0 Å². The molecule has 2 aromatic carbocycles. The van der Waals surface area contributed by atoms with Crippen molar-refractivity contribution >= 4 is 0 Å². The molecule has 0 radical (unpaired) electrons. The first kappa shape index (κ1) is 16.5. The normalized spacial score (nSPS) is 12.4.